The molecule has 1 unspecified atom stereocenters. The zero-order valence-corrected chi connectivity index (χ0v) is 12.9. The lowest BCUT2D eigenvalue weighted by atomic mass is 10.0. The maximum Gasteiger partial charge on any atom is 0.126 e. The van der Waals surface area contributed by atoms with E-state index in [0.29, 0.717) is 6.61 Å². The summed E-state index contributed by atoms with van der Waals surface area (Å²) >= 11 is 0. The van der Waals surface area contributed by atoms with E-state index in [-0.39, 0.29) is 6.04 Å². The first kappa shape index (κ1) is 16.8. The molecule has 1 atom stereocenters. The molecule has 0 aliphatic carbocycles. The van der Waals surface area contributed by atoms with E-state index in [9.17, 15) is 0 Å². The van der Waals surface area contributed by atoms with Gasteiger partial charge in [0.25, 0.3) is 0 Å². The summed E-state index contributed by atoms with van der Waals surface area (Å²) in [5, 5.41) is 0. The lowest BCUT2D eigenvalue weighted by molar-refractivity contribution is 0.184. The van der Waals surface area contributed by atoms with Crippen molar-refractivity contribution in [2.45, 2.75) is 38.6 Å². The van der Waals surface area contributed by atoms with Gasteiger partial charge in [0, 0.05) is 25.8 Å². The number of ether oxygens (including phenoxy) is 3. The normalized spacial score (nSPS) is 12.2. The van der Waals surface area contributed by atoms with Gasteiger partial charge in [0.2, 0.25) is 0 Å². The maximum absolute atomic E-state index is 6.04. The Morgan fingerprint density at radius 1 is 1.15 bits per heavy atom. The Morgan fingerprint density at radius 3 is 2.55 bits per heavy atom. The van der Waals surface area contributed by atoms with Gasteiger partial charge in [0.1, 0.15) is 11.5 Å². The highest BCUT2D eigenvalue weighted by Gasteiger charge is 2.09. The lowest BCUT2D eigenvalue weighted by Gasteiger charge is -2.15. The summed E-state index contributed by atoms with van der Waals surface area (Å²) in [6.45, 7) is 3.55. The van der Waals surface area contributed by atoms with E-state index in [4.69, 9.17) is 19.9 Å². The summed E-state index contributed by atoms with van der Waals surface area (Å²) in [4.78, 5) is 0. The number of nitrogens with two attached hydrogens (primary N) is 1. The third-order valence-electron chi connectivity index (χ3n) is 3.28. The molecule has 1 aromatic carbocycles. The standard InChI is InChI=1S/C16H27NO3/c1-4-14(17)11-13-7-8-15(19-3)12-16(13)20-10-6-5-9-18-2/h7-8,12,14H,4-6,9-11,17H2,1-3H3. The van der Waals surface area contributed by atoms with Gasteiger partial charge in [0.15, 0.2) is 0 Å². The van der Waals surface area contributed by atoms with Crippen LogP contribution in [0.5, 0.6) is 11.5 Å². The second-order valence-electron chi connectivity index (χ2n) is 4.89. The number of hydrogen-bond acceptors (Lipinski definition) is 4. The van der Waals surface area contributed by atoms with E-state index < -0.39 is 0 Å². The predicted molar refractivity (Wildman–Crippen MR) is 81.6 cm³/mol. The summed E-state index contributed by atoms with van der Waals surface area (Å²) in [5.74, 6) is 1.69. The smallest absolute Gasteiger partial charge is 0.126 e. The van der Waals surface area contributed by atoms with Crippen molar-refractivity contribution in [3.8, 4) is 11.5 Å². The van der Waals surface area contributed by atoms with E-state index in [1.807, 2.05) is 18.2 Å². The fourth-order valence-electron chi connectivity index (χ4n) is 1.92. The Balaban J connectivity index is 2.63. The first-order valence-corrected chi connectivity index (χ1v) is 7.25. The van der Waals surface area contributed by atoms with Gasteiger partial charge in [-0.25, -0.2) is 0 Å². The molecule has 0 amide bonds. The number of rotatable bonds is 10. The van der Waals surface area contributed by atoms with Gasteiger partial charge < -0.3 is 19.9 Å². The van der Waals surface area contributed by atoms with Crippen LogP contribution in [0.15, 0.2) is 18.2 Å². The van der Waals surface area contributed by atoms with Crippen LogP contribution in [-0.4, -0.2) is 33.5 Å². The van der Waals surface area contributed by atoms with Gasteiger partial charge in [-0.1, -0.05) is 13.0 Å². The van der Waals surface area contributed by atoms with Crippen molar-refractivity contribution in [3.05, 3.63) is 23.8 Å². The zero-order valence-electron chi connectivity index (χ0n) is 12.9. The largest absolute Gasteiger partial charge is 0.497 e. The van der Waals surface area contributed by atoms with Gasteiger partial charge in [-0.2, -0.15) is 0 Å². The zero-order chi connectivity index (χ0) is 14.8. The topological polar surface area (TPSA) is 53.7 Å². The molecule has 0 heterocycles. The highest BCUT2D eigenvalue weighted by molar-refractivity contribution is 5.41. The second-order valence-corrected chi connectivity index (χ2v) is 4.89. The Hall–Kier alpha value is -1.26. The molecule has 4 heteroatoms. The fourth-order valence-corrected chi connectivity index (χ4v) is 1.92. The van der Waals surface area contributed by atoms with Crippen molar-refractivity contribution in [2.24, 2.45) is 5.73 Å². The molecule has 1 aromatic rings. The minimum atomic E-state index is 0.166. The molecule has 0 bridgehead atoms. The van der Waals surface area contributed by atoms with Gasteiger partial charge in [0.05, 0.1) is 13.7 Å². The molecule has 4 nitrogen and oxygen atoms in total. The minimum Gasteiger partial charge on any atom is -0.497 e. The molecule has 20 heavy (non-hydrogen) atoms. The molecule has 0 fully saturated rings. The van der Waals surface area contributed by atoms with Crippen LogP contribution < -0.4 is 15.2 Å². The van der Waals surface area contributed by atoms with Crippen LogP contribution in [0.25, 0.3) is 0 Å². The summed E-state index contributed by atoms with van der Waals surface area (Å²) in [5.41, 5.74) is 7.18. The van der Waals surface area contributed by atoms with E-state index in [1.54, 1.807) is 14.2 Å². The van der Waals surface area contributed by atoms with Crippen molar-refractivity contribution >= 4 is 0 Å². The van der Waals surface area contributed by atoms with Crippen molar-refractivity contribution in [3.63, 3.8) is 0 Å². The minimum absolute atomic E-state index is 0.166. The molecule has 114 valence electrons. The fraction of sp³-hybridized carbons (Fsp3) is 0.625. The third-order valence-corrected chi connectivity index (χ3v) is 3.28. The first-order valence-electron chi connectivity index (χ1n) is 7.25. The molecular weight excluding hydrogens is 254 g/mol. The average molecular weight is 281 g/mol. The molecule has 0 aliphatic rings. The molecule has 0 spiro atoms. The second kappa shape index (κ2) is 9.61. The Kier molecular flexibility index (Phi) is 8.07. The highest BCUT2D eigenvalue weighted by Crippen LogP contribution is 2.26. The summed E-state index contributed by atoms with van der Waals surface area (Å²) in [6, 6.07) is 6.10. The summed E-state index contributed by atoms with van der Waals surface area (Å²) in [7, 11) is 3.38. The van der Waals surface area contributed by atoms with Crippen LogP contribution >= 0.6 is 0 Å². The molecule has 2 N–H and O–H groups in total. The van der Waals surface area contributed by atoms with Crippen molar-refractivity contribution in [2.75, 3.05) is 27.4 Å². The molecule has 0 saturated carbocycles. The number of unbranched alkanes of at least 4 members (excludes halogenated alkanes) is 1. The molecule has 0 saturated heterocycles. The van der Waals surface area contributed by atoms with E-state index in [1.165, 1.54) is 0 Å². The number of benzene rings is 1. The summed E-state index contributed by atoms with van der Waals surface area (Å²) in [6.07, 6.45) is 3.77. The van der Waals surface area contributed by atoms with Crippen LogP contribution in [0.3, 0.4) is 0 Å². The number of hydrogen-bond donors (Lipinski definition) is 1. The predicted octanol–water partition coefficient (Wildman–Crippen LogP) is 2.78. The van der Waals surface area contributed by atoms with Gasteiger partial charge in [-0.3, -0.25) is 0 Å². The number of methoxy groups -OCH3 is 2. The Bertz CT molecular complexity index is 382. The molecular formula is C16H27NO3. The lowest BCUT2D eigenvalue weighted by Crippen LogP contribution is -2.21. The molecule has 0 aliphatic heterocycles. The highest BCUT2D eigenvalue weighted by atomic mass is 16.5. The van der Waals surface area contributed by atoms with Gasteiger partial charge >= 0.3 is 0 Å². The van der Waals surface area contributed by atoms with Crippen molar-refractivity contribution < 1.29 is 14.2 Å². The van der Waals surface area contributed by atoms with E-state index in [2.05, 4.69) is 6.92 Å². The quantitative estimate of drug-likeness (QED) is 0.670. The van der Waals surface area contributed by atoms with Gasteiger partial charge in [-0.05, 0) is 37.3 Å². The van der Waals surface area contributed by atoms with Crippen LogP contribution in [0, 0.1) is 0 Å². The molecule has 1 rings (SSSR count). The molecule has 0 aromatic heterocycles. The van der Waals surface area contributed by atoms with Gasteiger partial charge in [-0.15, -0.1) is 0 Å². The SMILES string of the molecule is CCC(N)Cc1ccc(OC)cc1OCCCCOC. The van der Waals surface area contributed by atoms with Crippen LogP contribution in [0.4, 0.5) is 0 Å². The maximum atomic E-state index is 6.04. The molecule has 0 radical (unpaired) electrons. The average Bonchev–Trinajstić information content (AvgIpc) is 2.48. The third kappa shape index (κ3) is 5.80. The Labute approximate surface area is 122 Å². The van der Waals surface area contributed by atoms with Crippen molar-refractivity contribution in [1.82, 2.24) is 0 Å². The van der Waals surface area contributed by atoms with E-state index in [0.717, 1.165) is 49.4 Å². The van der Waals surface area contributed by atoms with Crippen LogP contribution in [-0.2, 0) is 11.2 Å². The monoisotopic (exact) mass is 281 g/mol. The Morgan fingerprint density at radius 2 is 1.90 bits per heavy atom. The van der Waals surface area contributed by atoms with Crippen LogP contribution in [0.2, 0.25) is 0 Å². The van der Waals surface area contributed by atoms with Crippen molar-refractivity contribution in [1.29, 1.82) is 0 Å². The first-order chi connectivity index (χ1) is 9.71. The van der Waals surface area contributed by atoms with E-state index >= 15 is 0 Å². The van der Waals surface area contributed by atoms with Crippen LogP contribution in [0.1, 0.15) is 31.7 Å². The summed E-state index contributed by atoms with van der Waals surface area (Å²) < 4.78 is 16.2.